The van der Waals surface area contributed by atoms with Crippen LogP contribution in [0, 0.1) is 10.9 Å². The van der Waals surface area contributed by atoms with Crippen molar-refractivity contribution >= 4 is 18.2 Å². The molecule has 0 fully saturated rings. The van der Waals surface area contributed by atoms with Crippen molar-refractivity contribution in [3.63, 3.8) is 0 Å². The predicted octanol–water partition coefficient (Wildman–Crippen LogP) is 2.09. The smallest absolute Gasteiger partial charge is 0.408 e. The van der Waals surface area contributed by atoms with Gasteiger partial charge in [0, 0.05) is 13.5 Å². The molecule has 0 aliphatic rings. The number of amides is 1. The highest BCUT2D eigenvalue weighted by atomic mass is 16.5. The Kier molecular flexibility index (Phi) is 8.69. The van der Waals surface area contributed by atoms with E-state index in [1.54, 1.807) is 0 Å². The number of rotatable bonds is 10. The third-order valence-electron chi connectivity index (χ3n) is 3.06. The summed E-state index contributed by atoms with van der Waals surface area (Å²) in [7, 11) is 1.42. The molecule has 1 aromatic rings. The highest BCUT2D eigenvalue weighted by Gasteiger charge is 2.15. The second kappa shape index (κ2) is 10.8. The number of hydrogen-bond acceptors (Lipinski definition) is 7. The molecule has 0 aliphatic carbocycles. The molecular weight excluding hydrogens is 314 g/mol. The number of carbonyl (C=O) groups is 2. The number of benzene rings is 1. The minimum absolute atomic E-state index is 0.0122. The molecule has 0 saturated carbocycles. The third-order valence-corrected chi connectivity index (χ3v) is 3.06. The zero-order valence-corrected chi connectivity index (χ0v) is 13.4. The van der Waals surface area contributed by atoms with E-state index in [1.807, 2.05) is 30.3 Å². The summed E-state index contributed by atoms with van der Waals surface area (Å²) in [6.07, 6.45) is 0.212. The summed E-state index contributed by atoms with van der Waals surface area (Å²) in [5.74, 6) is 0.0122. The Balaban J connectivity index is 2.38. The highest BCUT2D eigenvalue weighted by molar-refractivity contribution is 5.79. The monoisotopic (exact) mass is 335 g/mol. The van der Waals surface area contributed by atoms with E-state index < -0.39 is 12.1 Å². The van der Waals surface area contributed by atoms with Crippen molar-refractivity contribution in [2.75, 3.05) is 13.8 Å². The molecule has 0 saturated heterocycles. The van der Waals surface area contributed by atoms with Crippen LogP contribution in [0.1, 0.15) is 18.4 Å². The lowest BCUT2D eigenvalue weighted by atomic mass is 10.1. The van der Waals surface area contributed by atoms with E-state index in [0.29, 0.717) is 6.29 Å². The van der Waals surface area contributed by atoms with Crippen molar-refractivity contribution in [1.82, 2.24) is 10.3 Å². The number of nitrogens with zero attached hydrogens (tertiary/aromatic N) is 2. The van der Waals surface area contributed by atoms with Crippen molar-refractivity contribution in [2.45, 2.75) is 25.5 Å². The van der Waals surface area contributed by atoms with E-state index >= 15 is 0 Å². The highest BCUT2D eigenvalue weighted by Crippen LogP contribution is 2.04. The maximum absolute atomic E-state index is 11.7. The fraction of sp³-hybridized carbons (Fsp3) is 0.400. The van der Waals surface area contributed by atoms with Crippen molar-refractivity contribution in [1.29, 1.82) is 10.9 Å². The molecule has 1 amide bonds. The molecule has 0 aliphatic heterocycles. The van der Waals surface area contributed by atoms with Crippen LogP contribution in [-0.4, -0.2) is 43.1 Å². The lowest BCUT2D eigenvalue weighted by molar-refractivity contribution is -0.109. The van der Waals surface area contributed by atoms with Crippen LogP contribution in [-0.2, 0) is 20.9 Å². The number of amidine groups is 1. The number of aldehydes is 1. The molecule has 24 heavy (non-hydrogen) atoms. The Morgan fingerprint density at radius 2 is 2.12 bits per heavy atom. The van der Waals surface area contributed by atoms with Crippen molar-refractivity contribution in [2.24, 2.45) is 5.22 Å². The molecule has 1 atom stereocenters. The van der Waals surface area contributed by atoms with Crippen LogP contribution >= 0.6 is 0 Å². The molecular formula is C15H21N5O4. The molecule has 0 heterocycles. The van der Waals surface area contributed by atoms with Crippen LogP contribution in [0.3, 0.4) is 0 Å². The van der Waals surface area contributed by atoms with Gasteiger partial charge >= 0.3 is 6.09 Å². The second-order valence-corrected chi connectivity index (χ2v) is 4.85. The van der Waals surface area contributed by atoms with E-state index in [9.17, 15) is 9.59 Å². The van der Waals surface area contributed by atoms with Crippen LogP contribution in [0.15, 0.2) is 35.6 Å². The Labute approximate surface area is 139 Å². The summed E-state index contributed by atoms with van der Waals surface area (Å²) < 4.78 is 9.83. The molecule has 0 spiro atoms. The summed E-state index contributed by atoms with van der Waals surface area (Å²) in [5, 5.41) is 14.4. The lowest BCUT2D eigenvalue weighted by Crippen LogP contribution is -2.37. The topological polar surface area (TPSA) is 128 Å². The van der Waals surface area contributed by atoms with Crippen LogP contribution in [0.5, 0.6) is 0 Å². The van der Waals surface area contributed by atoms with Gasteiger partial charge in [-0.1, -0.05) is 35.6 Å². The van der Waals surface area contributed by atoms with Gasteiger partial charge in [-0.15, -0.1) is 0 Å². The molecule has 130 valence electrons. The fourth-order valence-corrected chi connectivity index (χ4v) is 1.80. The minimum Gasteiger partial charge on any atom is -0.445 e. The second-order valence-electron chi connectivity index (χ2n) is 4.85. The first-order valence-corrected chi connectivity index (χ1v) is 7.24. The molecule has 0 radical (unpaired) electrons. The Morgan fingerprint density at radius 1 is 1.42 bits per heavy atom. The van der Waals surface area contributed by atoms with Crippen molar-refractivity contribution in [3.05, 3.63) is 35.9 Å². The summed E-state index contributed by atoms with van der Waals surface area (Å²) in [5.41, 5.74) is 7.78. The van der Waals surface area contributed by atoms with E-state index in [1.165, 1.54) is 7.11 Å². The Morgan fingerprint density at radius 3 is 2.71 bits per heavy atom. The summed E-state index contributed by atoms with van der Waals surface area (Å²) in [6.45, 7) is 0.0774. The van der Waals surface area contributed by atoms with Gasteiger partial charge in [-0.3, -0.25) is 5.41 Å². The van der Waals surface area contributed by atoms with Gasteiger partial charge < -0.3 is 19.6 Å². The molecule has 9 nitrogen and oxygen atoms in total. The molecule has 0 aromatic heterocycles. The van der Waals surface area contributed by atoms with Crippen LogP contribution in [0.4, 0.5) is 4.79 Å². The van der Waals surface area contributed by atoms with Crippen molar-refractivity contribution < 1.29 is 19.1 Å². The Bertz CT molecular complexity index is 552. The standard InChI is InChI=1S/C15H21N5O4/c1-23-11-20(19-17)14(16)8-7-13(9-21)18-15(22)24-10-12-5-3-2-4-6-12/h2-6,9,13,16-17H,7-8,10-11H2,1H3,(H,18,22). The Hall–Kier alpha value is -2.81. The maximum Gasteiger partial charge on any atom is 0.408 e. The maximum atomic E-state index is 11.7. The molecule has 1 rings (SSSR count). The SMILES string of the molecule is COCN(N=N)C(=N)CCC(C=O)NC(=O)OCc1ccccc1. The normalized spacial score (nSPS) is 11.2. The van der Waals surface area contributed by atoms with E-state index in [0.717, 1.165) is 10.6 Å². The number of methoxy groups -OCH3 is 1. The van der Waals surface area contributed by atoms with Crippen LogP contribution < -0.4 is 5.32 Å². The molecule has 9 heteroatoms. The summed E-state index contributed by atoms with van der Waals surface area (Å²) >= 11 is 0. The van der Waals surface area contributed by atoms with E-state index in [-0.39, 0.29) is 32.0 Å². The number of ether oxygens (including phenoxy) is 2. The van der Waals surface area contributed by atoms with Crippen molar-refractivity contribution in [3.8, 4) is 0 Å². The molecule has 1 aromatic carbocycles. The van der Waals surface area contributed by atoms with Gasteiger partial charge in [0.25, 0.3) is 0 Å². The van der Waals surface area contributed by atoms with Gasteiger partial charge in [0.05, 0.1) is 6.04 Å². The summed E-state index contributed by atoms with van der Waals surface area (Å²) in [6, 6.07) is 8.38. The molecule has 3 N–H and O–H groups in total. The van der Waals surface area contributed by atoms with Gasteiger partial charge in [-0.25, -0.2) is 9.80 Å². The molecule has 1 unspecified atom stereocenters. The van der Waals surface area contributed by atoms with Gasteiger partial charge in [0.2, 0.25) is 0 Å². The predicted molar refractivity (Wildman–Crippen MR) is 85.4 cm³/mol. The average Bonchev–Trinajstić information content (AvgIpc) is 2.61. The van der Waals surface area contributed by atoms with E-state index in [4.69, 9.17) is 20.4 Å². The molecule has 0 bridgehead atoms. The number of hydrogen-bond donors (Lipinski definition) is 3. The van der Waals surface area contributed by atoms with Gasteiger partial charge in [-0.2, -0.15) is 5.53 Å². The minimum atomic E-state index is -0.788. The number of alkyl carbamates (subject to hydrolysis) is 1. The first-order valence-electron chi connectivity index (χ1n) is 7.24. The number of nitrogens with one attached hydrogen (secondary N) is 3. The zero-order chi connectivity index (χ0) is 17.8. The zero-order valence-electron chi connectivity index (χ0n) is 13.4. The number of carbonyl (C=O) groups excluding carboxylic acids is 2. The van der Waals surface area contributed by atoms with Gasteiger partial charge in [0.1, 0.15) is 25.5 Å². The average molecular weight is 335 g/mol. The van der Waals surface area contributed by atoms with Gasteiger partial charge in [0.15, 0.2) is 0 Å². The van der Waals surface area contributed by atoms with Gasteiger partial charge in [-0.05, 0) is 12.0 Å². The first-order chi connectivity index (χ1) is 11.6. The van der Waals surface area contributed by atoms with E-state index in [2.05, 4.69) is 10.5 Å². The largest absolute Gasteiger partial charge is 0.445 e. The first kappa shape index (κ1) is 19.2. The third kappa shape index (κ3) is 6.97. The lowest BCUT2D eigenvalue weighted by Gasteiger charge is -2.18. The van der Waals surface area contributed by atoms with Crippen LogP contribution in [0.25, 0.3) is 0 Å². The summed E-state index contributed by atoms with van der Waals surface area (Å²) in [4.78, 5) is 22.8. The quantitative estimate of drug-likeness (QED) is 0.151. The van der Waals surface area contributed by atoms with Crippen LogP contribution in [0.2, 0.25) is 0 Å². The fourth-order valence-electron chi connectivity index (χ4n) is 1.80.